The molecule has 158 valence electrons. The molecular formula is C18H20N6O5S. The van der Waals surface area contributed by atoms with Crippen LogP contribution in [0.15, 0.2) is 47.2 Å². The predicted molar refractivity (Wildman–Crippen MR) is 104 cm³/mol. The van der Waals surface area contributed by atoms with Crippen LogP contribution in [0.3, 0.4) is 0 Å². The van der Waals surface area contributed by atoms with Crippen molar-refractivity contribution in [2.75, 3.05) is 11.5 Å². The normalized spacial score (nSPS) is 17.5. The molecule has 0 bridgehead atoms. The molecule has 30 heavy (non-hydrogen) atoms. The van der Waals surface area contributed by atoms with Crippen LogP contribution in [0.25, 0.3) is 17.0 Å². The van der Waals surface area contributed by atoms with E-state index in [2.05, 4.69) is 20.7 Å². The van der Waals surface area contributed by atoms with Gasteiger partial charge in [-0.15, -0.1) is 0 Å². The Balaban J connectivity index is 1.45. The number of hydrogen-bond acceptors (Lipinski definition) is 9. The van der Waals surface area contributed by atoms with Crippen LogP contribution < -0.4 is 10.8 Å². The monoisotopic (exact) mass is 432 g/mol. The summed E-state index contributed by atoms with van der Waals surface area (Å²) in [7, 11) is -3.18. The molecule has 0 saturated carbocycles. The Morgan fingerprint density at radius 1 is 1.17 bits per heavy atom. The van der Waals surface area contributed by atoms with Gasteiger partial charge >= 0.3 is 0 Å². The van der Waals surface area contributed by atoms with E-state index < -0.39 is 21.3 Å². The molecule has 1 aliphatic rings. The molecule has 0 atom stereocenters. The van der Waals surface area contributed by atoms with E-state index in [0.29, 0.717) is 11.5 Å². The van der Waals surface area contributed by atoms with Gasteiger partial charge in [-0.05, 0) is 37.1 Å². The molecule has 1 aliphatic heterocycles. The van der Waals surface area contributed by atoms with Gasteiger partial charge in [0.25, 0.3) is 5.91 Å². The highest BCUT2D eigenvalue weighted by molar-refractivity contribution is 7.91. The maximum Gasteiger partial charge on any atom is 0.263 e. The van der Waals surface area contributed by atoms with Gasteiger partial charge in [-0.1, -0.05) is 5.16 Å². The van der Waals surface area contributed by atoms with Crippen LogP contribution in [0.1, 0.15) is 18.5 Å². The summed E-state index contributed by atoms with van der Waals surface area (Å²) in [5, 5.41) is 24.3. The van der Waals surface area contributed by atoms with Crippen molar-refractivity contribution >= 4 is 15.7 Å². The molecule has 1 saturated heterocycles. The summed E-state index contributed by atoms with van der Waals surface area (Å²) in [6, 6.07) is 9.13. The Kier molecular flexibility index (Phi) is 5.37. The number of nitrogens with zero attached hydrogens (tertiary/aromatic N) is 4. The Labute approximate surface area is 171 Å². The SMILES string of the molecule is O=C(NO)C1(NCc2cc(-c3ccc(-n4nccn4)cc3)on2)CCS(=O)(=O)CC1. The van der Waals surface area contributed by atoms with Gasteiger partial charge in [0.15, 0.2) is 5.76 Å². The molecule has 0 unspecified atom stereocenters. The lowest BCUT2D eigenvalue weighted by atomic mass is 9.91. The van der Waals surface area contributed by atoms with Crippen molar-refractivity contribution in [3.63, 3.8) is 0 Å². The molecule has 3 N–H and O–H groups in total. The van der Waals surface area contributed by atoms with Crippen LogP contribution in [0.2, 0.25) is 0 Å². The second kappa shape index (κ2) is 7.97. The molecule has 11 nitrogen and oxygen atoms in total. The zero-order chi connectivity index (χ0) is 21.2. The third-order valence-corrected chi connectivity index (χ3v) is 6.84. The molecule has 2 aromatic heterocycles. The maximum atomic E-state index is 12.2. The Morgan fingerprint density at radius 3 is 2.47 bits per heavy atom. The molecule has 1 amide bonds. The number of sulfone groups is 1. The first-order valence-corrected chi connectivity index (χ1v) is 11.1. The highest BCUT2D eigenvalue weighted by Gasteiger charge is 2.43. The van der Waals surface area contributed by atoms with Crippen LogP contribution in [0.4, 0.5) is 0 Å². The molecular weight excluding hydrogens is 412 g/mol. The van der Waals surface area contributed by atoms with Gasteiger partial charge in [0, 0.05) is 18.2 Å². The average molecular weight is 432 g/mol. The highest BCUT2D eigenvalue weighted by Crippen LogP contribution is 2.26. The lowest BCUT2D eigenvalue weighted by Crippen LogP contribution is -2.59. The number of carbonyl (C=O) groups is 1. The fraction of sp³-hybridized carbons (Fsp3) is 0.333. The number of nitrogens with one attached hydrogen (secondary N) is 2. The number of hydroxylamine groups is 1. The first-order valence-electron chi connectivity index (χ1n) is 9.23. The van der Waals surface area contributed by atoms with E-state index in [1.807, 2.05) is 24.3 Å². The van der Waals surface area contributed by atoms with E-state index >= 15 is 0 Å². The summed E-state index contributed by atoms with van der Waals surface area (Å²) >= 11 is 0. The van der Waals surface area contributed by atoms with E-state index in [0.717, 1.165) is 11.3 Å². The minimum absolute atomic E-state index is 0.0648. The molecule has 4 rings (SSSR count). The summed E-state index contributed by atoms with van der Waals surface area (Å²) in [5.74, 6) is -0.383. The Hall–Kier alpha value is -3.09. The van der Waals surface area contributed by atoms with Gasteiger partial charge in [0.1, 0.15) is 15.4 Å². The molecule has 3 aromatic rings. The van der Waals surface area contributed by atoms with Crippen molar-refractivity contribution in [1.82, 2.24) is 30.9 Å². The van der Waals surface area contributed by atoms with Gasteiger partial charge in [0.05, 0.1) is 35.3 Å². The van der Waals surface area contributed by atoms with Gasteiger partial charge < -0.3 is 4.52 Å². The second-order valence-electron chi connectivity index (χ2n) is 7.08. The third kappa shape index (κ3) is 4.10. The van der Waals surface area contributed by atoms with Crippen molar-refractivity contribution in [2.24, 2.45) is 0 Å². The highest BCUT2D eigenvalue weighted by atomic mass is 32.2. The number of rotatable bonds is 6. The standard InChI is InChI=1S/C18H20N6O5S/c25-17(22-26)18(5-9-30(27,28)10-6-18)19-12-14-11-16(29-23-14)13-1-3-15(4-2-13)24-20-7-8-21-24/h1-4,7-8,11,19,26H,5-6,9-10,12H2,(H,22,25). The second-order valence-corrected chi connectivity index (χ2v) is 9.38. The number of amides is 1. The number of aromatic nitrogens is 4. The Bertz CT molecular complexity index is 1110. The van der Waals surface area contributed by atoms with Gasteiger partial charge in [-0.2, -0.15) is 15.0 Å². The van der Waals surface area contributed by atoms with Crippen LogP contribution in [-0.4, -0.2) is 56.7 Å². The molecule has 0 radical (unpaired) electrons. The van der Waals surface area contributed by atoms with Gasteiger partial charge in [0.2, 0.25) is 0 Å². The summed E-state index contributed by atoms with van der Waals surface area (Å²) in [4.78, 5) is 13.7. The summed E-state index contributed by atoms with van der Waals surface area (Å²) < 4.78 is 28.8. The first-order chi connectivity index (χ1) is 14.4. The topological polar surface area (TPSA) is 152 Å². The fourth-order valence-corrected chi connectivity index (χ4v) is 4.90. The van der Waals surface area contributed by atoms with Crippen LogP contribution in [0, 0.1) is 0 Å². The number of carbonyl (C=O) groups excluding carboxylic acids is 1. The van der Waals surface area contributed by atoms with Crippen molar-refractivity contribution in [1.29, 1.82) is 0 Å². The zero-order valence-electron chi connectivity index (χ0n) is 15.9. The first kappa shape index (κ1) is 20.2. The summed E-state index contributed by atoms with van der Waals surface area (Å²) in [6.07, 6.45) is 3.31. The summed E-state index contributed by atoms with van der Waals surface area (Å²) in [5.41, 5.74) is 2.60. The largest absolute Gasteiger partial charge is 0.356 e. The van der Waals surface area contributed by atoms with E-state index in [-0.39, 0.29) is 30.9 Å². The summed E-state index contributed by atoms with van der Waals surface area (Å²) in [6.45, 7) is 0.173. The zero-order valence-corrected chi connectivity index (χ0v) is 16.7. The smallest absolute Gasteiger partial charge is 0.263 e. The van der Waals surface area contributed by atoms with Crippen LogP contribution >= 0.6 is 0 Å². The Morgan fingerprint density at radius 2 is 1.83 bits per heavy atom. The number of benzene rings is 1. The van der Waals surface area contributed by atoms with Crippen molar-refractivity contribution < 1.29 is 22.9 Å². The predicted octanol–water partition coefficient (Wildman–Crippen LogP) is 0.465. The van der Waals surface area contributed by atoms with E-state index in [9.17, 15) is 13.2 Å². The van der Waals surface area contributed by atoms with E-state index in [1.165, 1.54) is 4.80 Å². The molecule has 0 spiro atoms. The molecule has 1 aromatic carbocycles. The molecule has 1 fully saturated rings. The van der Waals surface area contributed by atoms with E-state index in [4.69, 9.17) is 9.73 Å². The maximum absolute atomic E-state index is 12.2. The van der Waals surface area contributed by atoms with Crippen molar-refractivity contribution in [3.05, 3.63) is 48.4 Å². The number of hydrogen-bond donors (Lipinski definition) is 3. The van der Waals surface area contributed by atoms with Gasteiger partial charge in [-0.25, -0.2) is 13.9 Å². The van der Waals surface area contributed by atoms with Crippen molar-refractivity contribution in [2.45, 2.75) is 24.9 Å². The molecule has 0 aliphatic carbocycles. The lowest BCUT2D eigenvalue weighted by molar-refractivity contribution is -0.136. The quantitative estimate of drug-likeness (QED) is 0.372. The minimum Gasteiger partial charge on any atom is -0.356 e. The fourth-order valence-electron chi connectivity index (χ4n) is 3.38. The lowest BCUT2D eigenvalue weighted by Gasteiger charge is -2.35. The molecule has 3 heterocycles. The van der Waals surface area contributed by atoms with Crippen LogP contribution in [0.5, 0.6) is 0 Å². The molecule has 12 heteroatoms. The van der Waals surface area contributed by atoms with Crippen LogP contribution in [-0.2, 0) is 21.2 Å². The minimum atomic E-state index is -3.18. The van der Waals surface area contributed by atoms with E-state index in [1.54, 1.807) is 23.9 Å². The van der Waals surface area contributed by atoms with Crippen molar-refractivity contribution in [3.8, 4) is 17.0 Å². The average Bonchev–Trinajstić information content (AvgIpc) is 3.45. The third-order valence-electron chi connectivity index (χ3n) is 5.18. The van der Waals surface area contributed by atoms with Gasteiger partial charge in [-0.3, -0.25) is 15.3 Å².